The maximum Gasteiger partial charge on any atom is 0.354 e. The van der Waals surface area contributed by atoms with Gasteiger partial charge in [-0.05, 0) is 26.0 Å². The van der Waals surface area contributed by atoms with Gasteiger partial charge in [0.05, 0.1) is 12.7 Å². The molecule has 104 valence electrons. The first kappa shape index (κ1) is 14.1. The molecule has 1 aromatic heterocycles. The van der Waals surface area contributed by atoms with Crippen molar-refractivity contribution >= 4 is 11.0 Å². The number of rotatable bonds is 5. The maximum absolute atomic E-state index is 11.6. The highest BCUT2D eigenvalue weighted by Gasteiger charge is 2.09. The smallest absolute Gasteiger partial charge is 0.354 e. The minimum atomic E-state index is -0.658. The van der Waals surface area contributed by atoms with Crippen molar-refractivity contribution in [3.05, 3.63) is 40.2 Å². The highest BCUT2D eigenvalue weighted by atomic mass is 16.5. The van der Waals surface area contributed by atoms with Gasteiger partial charge in [0.2, 0.25) is 0 Å². The summed E-state index contributed by atoms with van der Waals surface area (Å²) in [5, 5.41) is 9.47. The number of hydrogen-bond donors (Lipinski definition) is 0. The Hall–Kier alpha value is -2.32. The lowest BCUT2D eigenvalue weighted by molar-refractivity contribution is 0.0554. The molecule has 0 spiro atoms. The van der Waals surface area contributed by atoms with Gasteiger partial charge in [-0.3, -0.25) is 0 Å². The number of hydrogen-bond acceptors (Lipinski definition) is 5. The average Bonchev–Trinajstić information content (AvgIpc) is 2.43. The highest BCUT2D eigenvalue weighted by Crippen LogP contribution is 2.24. The predicted molar refractivity (Wildman–Crippen MR) is 73.8 cm³/mol. The van der Waals surface area contributed by atoms with Crippen LogP contribution in [0.25, 0.3) is 11.0 Å². The van der Waals surface area contributed by atoms with Crippen LogP contribution in [0.15, 0.2) is 33.5 Å². The van der Waals surface area contributed by atoms with Crippen LogP contribution in [0.5, 0.6) is 5.75 Å². The number of nitriles is 1. The van der Waals surface area contributed by atoms with E-state index in [1.807, 2.05) is 13.8 Å². The lowest BCUT2D eigenvalue weighted by Gasteiger charge is -2.10. The molecule has 0 aliphatic heterocycles. The Balaban J connectivity index is 2.24. The second-order valence-corrected chi connectivity index (χ2v) is 4.50. The molecule has 5 nitrogen and oxygen atoms in total. The van der Waals surface area contributed by atoms with Crippen molar-refractivity contribution in [2.24, 2.45) is 0 Å². The Morgan fingerprint density at radius 2 is 2.15 bits per heavy atom. The van der Waals surface area contributed by atoms with E-state index in [-0.39, 0.29) is 11.7 Å². The van der Waals surface area contributed by atoms with E-state index >= 15 is 0 Å². The zero-order valence-electron chi connectivity index (χ0n) is 11.4. The Kier molecular flexibility index (Phi) is 4.38. The van der Waals surface area contributed by atoms with Gasteiger partial charge in [0.1, 0.15) is 18.2 Å². The van der Waals surface area contributed by atoms with Crippen LogP contribution in [0, 0.1) is 11.3 Å². The van der Waals surface area contributed by atoms with Crippen molar-refractivity contribution in [2.45, 2.75) is 20.0 Å². The topological polar surface area (TPSA) is 72.5 Å². The van der Waals surface area contributed by atoms with Crippen molar-refractivity contribution in [1.82, 2.24) is 0 Å². The average molecular weight is 273 g/mol. The van der Waals surface area contributed by atoms with Crippen LogP contribution in [0.2, 0.25) is 0 Å². The van der Waals surface area contributed by atoms with Gasteiger partial charge in [-0.15, -0.1) is 0 Å². The van der Waals surface area contributed by atoms with Gasteiger partial charge in [-0.25, -0.2) is 4.79 Å². The number of ether oxygens (including phenoxy) is 2. The van der Waals surface area contributed by atoms with E-state index < -0.39 is 5.63 Å². The number of nitrogens with zero attached hydrogens (tertiary/aromatic N) is 1. The van der Waals surface area contributed by atoms with Crippen molar-refractivity contribution < 1.29 is 13.9 Å². The van der Waals surface area contributed by atoms with Gasteiger partial charge in [-0.1, -0.05) is 12.1 Å². The summed E-state index contributed by atoms with van der Waals surface area (Å²) in [4.78, 5) is 11.6. The molecule has 0 aliphatic carbocycles. The maximum atomic E-state index is 11.6. The third-order valence-electron chi connectivity index (χ3n) is 2.64. The molecule has 1 heterocycles. The van der Waals surface area contributed by atoms with Gasteiger partial charge in [0, 0.05) is 5.39 Å². The molecule has 0 aliphatic rings. The van der Waals surface area contributed by atoms with Crippen LogP contribution >= 0.6 is 0 Å². The predicted octanol–water partition coefficient (Wildman–Crippen LogP) is 2.47. The van der Waals surface area contributed by atoms with Crippen LogP contribution in [0.1, 0.15) is 19.4 Å². The zero-order chi connectivity index (χ0) is 14.5. The largest absolute Gasteiger partial charge is 0.487 e. The Morgan fingerprint density at radius 1 is 1.35 bits per heavy atom. The monoisotopic (exact) mass is 273 g/mol. The SMILES string of the molecule is CC(C)OCCOc1cccc2cc(C#N)c(=O)oc12. The normalized spacial score (nSPS) is 10.7. The molecule has 0 unspecified atom stereocenters. The molecule has 0 saturated carbocycles. The molecule has 1 aromatic carbocycles. The Labute approximate surface area is 116 Å². The summed E-state index contributed by atoms with van der Waals surface area (Å²) >= 11 is 0. The minimum Gasteiger partial charge on any atom is -0.487 e. The van der Waals surface area contributed by atoms with E-state index in [9.17, 15) is 4.79 Å². The third kappa shape index (κ3) is 3.16. The molecule has 2 rings (SSSR count). The number of para-hydroxylation sites is 1. The van der Waals surface area contributed by atoms with Gasteiger partial charge in [-0.2, -0.15) is 5.26 Å². The quantitative estimate of drug-likeness (QED) is 0.618. The second-order valence-electron chi connectivity index (χ2n) is 4.50. The summed E-state index contributed by atoms with van der Waals surface area (Å²) in [6, 6.07) is 8.56. The molecular formula is C15H15NO4. The van der Waals surface area contributed by atoms with Gasteiger partial charge in [0.15, 0.2) is 11.3 Å². The van der Waals surface area contributed by atoms with Gasteiger partial charge in [0.25, 0.3) is 0 Å². The molecule has 0 radical (unpaired) electrons. The lowest BCUT2D eigenvalue weighted by atomic mass is 10.2. The standard InChI is InChI=1S/C15H15NO4/c1-10(2)18-6-7-19-13-5-3-4-11-8-12(9-16)15(17)20-14(11)13/h3-5,8,10H,6-7H2,1-2H3. The Bertz CT molecular complexity index is 697. The fraction of sp³-hybridized carbons (Fsp3) is 0.333. The van der Waals surface area contributed by atoms with E-state index in [1.165, 1.54) is 6.07 Å². The molecule has 0 amide bonds. The van der Waals surface area contributed by atoms with Crippen LogP contribution < -0.4 is 10.4 Å². The first-order chi connectivity index (χ1) is 9.61. The lowest BCUT2D eigenvalue weighted by Crippen LogP contribution is -2.11. The molecule has 2 aromatic rings. The first-order valence-corrected chi connectivity index (χ1v) is 6.33. The summed E-state index contributed by atoms with van der Waals surface area (Å²) < 4.78 is 16.1. The molecular weight excluding hydrogens is 258 g/mol. The van der Waals surface area contributed by atoms with Crippen molar-refractivity contribution in [3.63, 3.8) is 0 Å². The Morgan fingerprint density at radius 3 is 2.85 bits per heavy atom. The summed E-state index contributed by atoms with van der Waals surface area (Å²) in [6.45, 7) is 4.70. The second kappa shape index (κ2) is 6.22. The number of fused-ring (bicyclic) bond motifs is 1. The van der Waals surface area contributed by atoms with Crippen LogP contribution in [0.4, 0.5) is 0 Å². The van der Waals surface area contributed by atoms with Gasteiger partial charge >= 0.3 is 5.63 Å². The van der Waals surface area contributed by atoms with Crippen molar-refractivity contribution in [3.8, 4) is 11.8 Å². The molecule has 0 fully saturated rings. The van der Waals surface area contributed by atoms with Crippen LogP contribution in [-0.2, 0) is 4.74 Å². The van der Waals surface area contributed by atoms with E-state index in [0.29, 0.717) is 29.9 Å². The first-order valence-electron chi connectivity index (χ1n) is 6.33. The molecule has 5 heteroatoms. The van der Waals surface area contributed by atoms with E-state index in [4.69, 9.17) is 19.2 Å². The van der Waals surface area contributed by atoms with Crippen LogP contribution in [0.3, 0.4) is 0 Å². The zero-order valence-corrected chi connectivity index (χ0v) is 11.4. The fourth-order valence-corrected chi connectivity index (χ4v) is 1.74. The van der Waals surface area contributed by atoms with E-state index in [2.05, 4.69) is 0 Å². The molecule has 0 saturated heterocycles. The van der Waals surface area contributed by atoms with Gasteiger partial charge < -0.3 is 13.9 Å². The summed E-state index contributed by atoms with van der Waals surface area (Å²) in [6.07, 6.45) is 0.141. The van der Waals surface area contributed by atoms with E-state index in [0.717, 1.165) is 0 Å². The van der Waals surface area contributed by atoms with E-state index in [1.54, 1.807) is 24.3 Å². The summed E-state index contributed by atoms with van der Waals surface area (Å²) in [7, 11) is 0. The minimum absolute atomic E-state index is 0.0159. The third-order valence-corrected chi connectivity index (χ3v) is 2.64. The fourth-order valence-electron chi connectivity index (χ4n) is 1.74. The molecule has 0 N–H and O–H groups in total. The highest BCUT2D eigenvalue weighted by molar-refractivity contribution is 5.83. The molecule has 20 heavy (non-hydrogen) atoms. The summed E-state index contributed by atoms with van der Waals surface area (Å²) in [5.74, 6) is 0.469. The summed E-state index contributed by atoms with van der Waals surface area (Å²) in [5.41, 5.74) is -0.326. The van der Waals surface area contributed by atoms with Crippen molar-refractivity contribution in [1.29, 1.82) is 5.26 Å². The number of benzene rings is 1. The van der Waals surface area contributed by atoms with Crippen molar-refractivity contribution in [2.75, 3.05) is 13.2 Å². The van der Waals surface area contributed by atoms with Crippen LogP contribution in [-0.4, -0.2) is 19.3 Å². The molecule has 0 atom stereocenters. The molecule has 0 bridgehead atoms.